The minimum absolute atomic E-state index is 0.109. The molecule has 114 valence electrons. The van der Waals surface area contributed by atoms with Crippen LogP contribution in [0.4, 0.5) is 0 Å². The normalized spacial score (nSPS) is 12.2. The van der Waals surface area contributed by atoms with Gasteiger partial charge in [0, 0.05) is 26.5 Å². The zero-order chi connectivity index (χ0) is 16.1. The lowest BCUT2D eigenvalue weighted by atomic mass is 10.2. The quantitative estimate of drug-likeness (QED) is 0.543. The van der Waals surface area contributed by atoms with E-state index >= 15 is 0 Å². The second kappa shape index (κ2) is 7.51. The minimum Gasteiger partial charge on any atom is -0.290 e. The Bertz CT molecular complexity index is 769. The summed E-state index contributed by atoms with van der Waals surface area (Å²) >= 11 is 6.78. The predicted molar refractivity (Wildman–Crippen MR) is 94.0 cm³/mol. The van der Waals surface area contributed by atoms with E-state index in [0.29, 0.717) is 0 Å². The van der Waals surface area contributed by atoms with E-state index in [1.54, 1.807) is 27.6 Å². The van der Waals surface area contributed by atoms with Crippen molar-refractivity contribution in [3.63, 3.8) is 0 Å². The van der Waals surface area contributed by atoms with Gasteiger partial charge in [-0.1, -0.05) is 12.2 Å². The van der Waals surface area contributed by atoms with Crippen LogP contribution >= 0.6 is 31.9 Å². The lowest BCUT2D eigenvalue weighted by Crippen LogP contribution is -1.88. The summed E-state index contributed by atoms with van der Waals surface area (Å²) in [5, 5.41) is 8.46. The molecule has 0 aliphatic rings. The van der Waals surface area contributed by atoms with Gasteiger partial charge in [0.1, 0.15) is 0 Å². The number of ketones is 1. The Morgan fingerprint density at radius 2 is 1.50 bits per heavy atom. The largest absolute Gasteiger partial charge is 0.290 e. The number of carbonyl (C=O) groups is 1. The van der Waals surface area contributed by atoms with Crippen LogP contribution in [0.2, 0.25) is 0 Å². The number of halogens is 2. The van der Waals surface area contributed by atoms with E-state index < -0.39 is 0 Å². The molecule has 0 unspecified atom stereocenters. The van der Waals surface area contributed by atoms with Crippen molar-refractivity contribution in [1.82, 2.24) is 19.6 Å². The van der Waals surface area contributed by atoms with Crippen molar-refractivity contribution < 1.29 is 4.79 Å². The molecule has 0 spiro atoms. The Balaban J connectivity index is 1.94. The summed E-state index contributed by atoms with van der Waals surface area (Å²) in [5.41, 5.74) is 1.53. The Morgan fingerprint density at radius 1 is 0.955 bits per heavy atom. The van der Waals surface area contributed by atoms with Crippen LogP contribution in [0.3, 0.4) is 0 Å². The smallest absolute Gasteiger partial charge is 0.178 e. The molecular formula is C15H14Br2N4O. The Kier molecular flexibility index (Phi) is 5.68. The fraction of sp³-hybridized carbons (Fsp3) is 0.133. The van der Waals surface area contributed by atoms with Crippen LogP contribution in [0.1, 0.15) is 11.4 Å². The van der Waals surface area contributed by atoms with Gasteiger partial charge in [0.25, 0.3) is 0 Å². The van der Waals surface area contributed by atoms with Gasteiger partial charge in [-0.2, -0.15) is 10.2 Å². The van der Waals surface area contributed by atoms with Crippen LogP contribution in [0.15, 0.2) is 45.6 Å². The summed E-state index contributed by atoms with van der Waals surface area (Å²) in [5.74, 6) is -0.109. The van der Waals surface area contributed by atoms with Crippen LogP contribution in [0.25, 0.3) is 12.2 Å². The maximum atomic E-state index is 11.7. The van der Waals surface area contributed by atoms with Crippen LogP contribution in [-0.4, -0.2) is 25.3 Å². The van der Waals surface area contributed by atoms with Crippen molar-refractivity contribution >= 4 is 49.8 Å². The average molecular weight is 426 g/mol. The molecule has 0 fully saturated rings. The zero-order valence-corrected chi connectivity index (χ0v) is 15.2. The van der Waals surface area contributed by atoms with Gasteiger partial charge >= 0.3 is 0 Å². The van der Waals surface area contributed by atoms with E-state index in [2.05, 4.69) is 42.1 Å². The summed E-state index contributed by atoms with van der Waals surface area (Å²) in [6.07, 6.45) is 13.6. The number of carbonyl (C=O) groups excluding carboxylic acids is 1. The number of hydrogen-bond donors (Lipinski definition) is 0. The lowest BCUT2D eigenvalue weighted by Gasteiger charge is -1.86. The third-order valence-electron chi connectivity index (χ3n) is 2.65. The highest BCUT2D eigenvalue weighted by Gasteiger charge is 2.01. The average Bonchev–Trinajstić information content (AvgIpc) is 2.94. The molecule has 0 amide bonds. The summed E-state index contributed by atoms with van der Waals surface area (Å²) in [6.45, 7) is 0. The number of nitrogens with zero attached hydrogens (tertiary/aromatic N) is 4. The topological polar surface area (TPSA) is 52.7 Å². The molecule has 2 aromatic heterocycles. The van der Waals surface area contributed by atoms with Crippen molar-refractivity contribution in [3.8, 4) is 0 Å². The molecule has 0 saturated heterocycles. The first-order valence-corrected chi connectivity index (χ1v) is 7.99. The van der Waals surface area contributed by atoms with Crippen LogP contribution in [0.5, 0.6) is 0 Å². The first kappa shape index (κ1) is 16.6. The summed E-state index contributed by atoms with van der Waals surface area (Å²) in [7, 11) is 3.67. The molecule has 0 aliphatic heterocycles. The first-order chi connectivity index (χ1) is 10.5. The second-order valence-corrected chi connectivity index (χ2v) is 6.23. The number of rotatable bonds is 5. The minimum atomic E-state index is -0.109. The van der Waals surface area contributed by atoms with Crippen molar-refractivity contribution in [2.24, 2.45) is 14.1 Å². The molecule has 7 heteroatoms. The van der Waals surface area contributed by atoms with Gasteiger partial charge < -0.3 is 0 Å². The Labute approximate surface area is 145 Å². The third-order valence-corrected chi connectivity index (χ3v) is 3.87. The monoisotopic (exact) mass is 424 g/mol. The maximum absolute atomic E-state index is 11.7. The van der Waals surface area contributed by atoms with E-state index in [1.165, 1.54) is 12.2 Å². The highest BCUT2D eigenvalue weighted by Crippen LogP contribution is 2.16. The van der Waals surface area contributed by atoms with E-state index in [4.69, 9.17) is 0 Å². The molecule has 0 aromatic carbocycles. The van der Waals surface area contributed by atoms with Gasteiger partial charge in [0.05, 0.1) is 20.3 Å². The molecule has 0 radical (unpaired) electrons. The van der Waals surface area contributed by atoms with Crippen LogP contribution in [0, 0.1) is 0 Å². The number of aryl methyl sites for hydroxylation is 2. The molecule has 2 heterocycles. The summed E-state index contributed by atoms with van der Waals surface area (Å²) in [4.78, 5) is 11.7. The molecule has 2 aromatic rings. The molecule has 2 rings (SSSR count). The predicted octanol–water partition coefficient (Wildman–Crippen LogP) is 3.53. The zero-order valence-electron chi connectivity index (χ0n) is 12.1. The molecule has 5 nitrogen and oxygen atoms in total. The molecule has 0 saturated carbocycles. The van der Waals surface area contributed by atoms with E-state index in [9.17, 15) is 4.79 Å². The van der Waals surface area contributed by atoms with Gasteiger partial charge in [-0.05, 0) is 56.2 Å². The molecular weight excluding hydrogens is 412 g/mol. The fourth-order valence-corrected chi connectivity index (χ4v) is 2.71. The highest BCUT2D eigenvalue weighted by molar-refractivity contribution is 9.10. The van der Waals surface area contributed by atoms with E-state index in [-0.39, 0.29) is 5.78 Å². The van der Waals surface area contributed by atoms with Gasteiger partial charge in [0.2, 0.25) is 0 Å². The third kappa shape index (κ3) is 4.64. The van der Waals surface area contributed by atoms with Gasteiger partial charge in [-0.15, -0.1) is 0 Å². The van der Waals surface area contributed by atoms with Crippen LogP contribution in [-0.2, 0) is 18.9 Å². The van der Waals surface area contributed by atoms with E-state index in [1.807, 2.05) is 32.6 Å². The Morgan fingerprint density at radius 3 is 2.00 bits per heavy atom. The summed E-state index contributed by atoms with van der Waals surface area (Å²) in [6, 6.07) is 0. The first-order valence-electron chi connectivity index (χ1n) is 6.41. The fourth-order valence-electron chi connectivity index (χ4n) is 1.69. The van der Waals surface area contributed by atoms with E-state index in [0.717, 1.165) is 20.3 Å². The molecule has 0 aliphatic carbocycles. The molecule has 0 atom stereocenters. The van der Waals surface area contributed by atoms with Crippen molar-refractivity contribution in [1.29, 1.82) is 0 Å². The number of allylic oxidation sites excluding steroid dienone is 4. The molecule has 22 heavy (non-hydrogen) atoms. The molecule has 0 bridgehead atoms. The van der Waals surface area contributed by atoms with Gasteiger partial charge in [0.15, 0.2) is 5.78 Å². The van der Waals surface area contributed by atoms with Crippen molar-refractivity contribution in [3.05, 3.63) is 57.0 Å². The standard InChI is InChI=1S/C15H14Br2N4O/c1-20-9-12(16)14(18-20)6-4-3-5-11(22)7-8-15-13(17)10-21(2)19-15/h3-10H,1-2H3/b5-3+,6-4+,8-7+. The highest BCUT2D eigenvalue weighted by atomic mass is 79.9. The van der Waals surface area contributed by atoms with Gasteiger partial charge in [-0.3, -0.25) is 14.2 Å². The van der Waals surface area contributed by atoms with Gasteiger partial charge in [-0.25, -0.2) is 0 Å². The lowest BCUT2D eigenvalue weighted by molar-refractivity contribution is -0.110. The second-order valence-electron chi connectivity index (χ2n) is 4.53. The summed E-state index contributed by atoms with van der Waals surface area (Å²) < 4.78 is 5.15. The van der Waals surface area contributed by atoms with Crippen molar-refractivity contribution in [2.45, 2.75) is 0 Å². The SMILES string of the molecule is Cn1cc(Br)c(/C=C/C=C/C(=O)/C=C/c2nn(C)cc2Br)n1. The Hall–Kier alpha value is -1.73. The van der Waals surface area contributed by atoms with Crippen molar-refractivity contribution in [2.75, 3.05) is 0 Å². The number of aromatic nitrogens is 4. The van der Waals surface area contributed by atoms with Crippen LogP contribution < -0.4 is 0 Å². The maximum Gasteiger partial charge on any atom is 0.178 e. The number of hydrogen-bond acceptors (Lipinski definition) is 3. The molecule has 0 N–H and O–H groups in total.